The third kappa shape index (κ3) is 3.42. The molecule has 2 aliphatic rings. The molecule has 5 atom stereocenters. The van der Waals surface area contributed by atoms with Crippen molar-refractivity contribution in [2.45, 2.75) is 56.1 Å². The average Bonchev–Trinajstić information content (AvgIpc) is 2.92. The van der Waals surface area contributed by atoms with E-state index in [1.807, 2.05) is 6.92 Å². The highest BCUT2D eigenvalue weighted by atomic mass is 32.2. The Kier molecular flexibility index (Phi) is 3.91. The molecule has 8 heteroatoms. The van der Waals surface area contributed by atoms with Gasteiger partial charge in [-0.05, 0) is 32.9 Å². The van der Waals surface area contributed by atoms with E-state index in [1.54, 1.807) is 26.0 Å². The fraction of sp³-hybridized carbons (Fsp3) is 0.600. The minimum atomic E-state index is -4.14. The molecule has 128 valence electrons. The fourth-order valence-corrected chi connectivity index (χ4v) is 3.35. The molecule has 0 bridgehead atoms. The molecule has 0 aromatic heterocycles. The van der Waals surface area contributed by atoms with Gasteiger partial charge in [-0.1, -0.05) is 17.7 Å². The van der Waals surface area contributed by atoms with Crippen LogP contribution in [0.5, 0.6) is 0 Å². The molecule has 0 saturated carbocycles. The van der Waals surface area contributed by atoms with E-state index in [2.05, 4.69) is 0 Å². The minimum absolute atomic E-state index is 0.0633. The lowest BCUT2D eigenvalue weighted by Crippen LogP contribution is -2.37. The van der Waals surface area contributed by atoms with E-state index in [0.29, 0.717) is 0 Å². The molecular formula is C15H20O7S. The van der Waals surface area contributed by atoms with E-state index in [0.717, 1.165) is 5.56 Å². The lowest BCUT2D eigenvalue weighted by Gasteiger charge is -2.22. The smallest absolute Gasteiger partial charge is 0.297 e. The maximum atomic E-state index is 12.2. The van der Waals surface area contributed by atoms with Crippen LogP contribution < -0.4 is 0 Å². The molecule has 3 rings (SSSR count). The molecule has 2 saturated heterocycles. The van der Waals surface area contributed by atoms with Crippen LogP contribution in [0.25, 0.3) is 0 Å². The second kappa shape index (κ2) is 5.80. The van der Waals surface area contributed by atoms with Crippen molar-refractivity contribution in [1.29, 1.82) is 0 Å². The summed E-state index contributed by atoms with van der Waals surface area (Å²) < 4.78 is 53.6. The van der Waals surface area contributed by atoms with Crippen LogP contribution in [0, 0.1) is 6.92 Å². The summed E-state index contributed by atoms with van der Waals surface area (Å²) >= 11 is 0. The summed E-state index contributed by atoms with van der Waals surface area (Å²) in [5, 5.41) is 10.2. The molecule has 2 fully saturated rings. The summed E-state index contributed by atoms with van der Waals surface area (Å²) in [6.07, 6.45) is -4.08. The van der Waals surface area contributed by atoms with E-state index in [1.165, 1.54) is 12.1 Å². The number of rotatable bonds is 4. The monoisotopic (exact) mass is 345 g/mol. The largest absolute Gasteiger partial charge is 0.387 e. The summed E-state index contributed by atoms with van der Waals surface area (Å²) in [6, 6.07) is 6.05. The quantitative estimate of drug-likeness (QED) is 0.812. The molecule has 2 aliphatic heterocycles. The summed E-state index contributed by atoms with van der Waals surface area (Å²) in [5.74, 6) is -0.909. The predicted octanol–water partition coefficient (Wildman–Crippen LogP) is 0.938. The molecule has 1 aromatic carbocycles. The van der Waals surface area contributed by atoms with Gasteiger partial charge in [0.2, 0.25) is 0 Å². The Morgan fingerprint density at radius 2 is 1.96 bits per heavy atom. The average molecular weight is 345 g/mol. The molecule has 1 aromatic rings. The van der Waals surface area contributed by atoms with Crippen LogP contribution in [0.3, 0.4) is 0 Å². The Morgan fingerprint density at radius 3 is 2.57 bits per heavy atom. The van der Waals surface area contributed by atoms with Gasteiger partial charge >= 0.3 is 0 Å². The molecule has 0 aliphatic carbocycles. The van der Waals surface area contributed by atoms with E-state index in [4.69, 9.17) is 19.8 Å². The SMILES string of the molecule is [2H][C@H](OS(=O)(=O)c1ccc(C)cc1)[C@H]1O[C@@H]2OC(C)(C)O[C@H]2C1O. The van der Waals surface area contributed by atoms with Gasteiger partial charge in [0.15, 0.2) is 12.1 Å². The highest BCUT2D eigenvalue weighted by molar-refractivity contribution is 7.86. The molecule has 2 heterocycles. The number of aryl methyl sites for hydroxylation is 1. The first kappa shape index (κ1) is 15.5. The lowest BCUT2D eigenvalue weighted by atomic mass is 10.1. The molecule has 1 unspecified atom stereocenters. The summed E-state index contributed by atoms with van der Waals surface area (Å²) in [4.78, 5) is -0.0633. The normalized spacial score (nSPS) is 34.9. The Labute approximate surface area is 136 Å². The standard InChI is InChI=1S/C15H20O7S/c1-9-4-6-10(7-5-9)23(17,18)19-8-11-12(16)13-14(20-11)22-15(2,3)21-13/h4-7,11-14,16H,8H2,1-3H3/t11-,12?,13+,14-/m1/s1/i8D/t8-,11+,12?,13-,14+/m0. The van der Waals surface area contributed by atoms with Crippen LogP contribution >= 0.6 is 0 Å². The number of benzene rings is 1. The number of hydrogen-bond donors (Lipinski definition) is 1. The van der Waals surface area contributed by atoms with Gasteiger partial charge in [-0.2, -0.15) is 8.42 Å². The van der Waals surface area contributed by atoms with Crippen molar-refractivity contribution in [1.82, 2.24) is 0 Å². The van der Waals surface area contributed by atoms with Crippen molar-refractivity contribution in [3.05, 3.63) is 29.8 Å². The van der Waals surface area contributed by atoms with Crippen LogP contribution in [0.2, 0.25) is 0 Å². The molecule has 0 radical (unpaired) electrons. The van der Waals surface area contributed by atoms with Crippen molar-refractivity contribution in [2.75, 3.05) is 6.58 Å². The summed E-state index contributed by atoms with van der Waals surface area (Å²) in [5.41, 5.74) is 0.899. The van der Waals surface area contributed by atoms with Crippen molar-refractivity contribution < 1.29 is 33.3 Å². The van der Waals surface area contributed by atoms with E-state index < -0.39 is 47.1 Å². The number of ether oxygens (including phenoxy) is 3. The molecule has 0 amide bonds. The van der Waals surface area contributed by atoms with Crippen LogP contribution in [0.4, 0.5) is 0 Å². The number of fused-ring (bicyclic) bond motifs is 1. The Morgan fingerprint density at radius 1 is 1.30 bits per heavy atom. The zero-order valence-corrected chi connectivity index (χ0v) is 13.8. The van der Waals surface area contributed by atoms with Gasteiger partial charge in [-0.3, -0.25) is 4.18 Å². The Balaban J connectivity index is 1.70. The highest BCUT2D eigenvalue weighted by Gasteiger charge is 2.54. The van der Waals surface area contributed by atoms with E-state index in [9.17, 15) is 13.5 Å². The highest BCUT2D eigenvalue weighted by Crippen LogP contribution is 2.37. The van der Waals surface area contributed by atoms with Gasteiger partial charge < -0.3 is 19.3 Å². The van der Waals surface area contributed by atoms with Gasteiger partial charge in [-0.15, -0.1) is 0 Å². The second-order valence-corrected chi connectivity index (χ2v) is 7.63. The maximum Gasteiger partial charge on any atom is 0.297 e. The summed E-state index contributed by atoms with van der Waals surface area (Å²) in [7, 11) is -4.14. The molecular weight excluding hydrogens is 324 g/mol. The van der Waals surface area contributed by atoms with Crippen molar-refractivity contribution >= 4 is 10.1 Å². The second-order valence-electron chi connectivity index (χ2n) is 6.06. The fourth-order valence-electron chi connectivity index (χ4n) is 2.52. The van der Waals surface area contributed by atoms with Gasteiger partial charge in [0, 0.05) is 0 Å². The van der Waals surface area contributed by atoms with Gasteiger partial charge in [0.25, 0.3) is 10.1 Å². The first-order chi connectivity index (χ1) is 11.1. The van der Waals surface area contributed by atoms with E-state index in [-0.39, 0.29) is 4.90 Å². The van der Waals surface area contributed by atoms with Gasteiger partial charge in [0.1, 0.15) is 18.3 Å². The van der Waals surface area contributed by atoms with Crippen molar-refractivity contribution in [3.63, 3.8) is 0 Å². The lowest BCUT2D eigenvalue weighted by molar-refractivity contribution is -0.217. The van der Waals surface area contributed by atoms with Crippen LogP contribution in [-0.2, 0) is 28.5 Å². The topological polar surface area (TPSA) is 91.3 Å². The van der Waals surface area contributed by atoms with Crippen molar-refractivity contribution in [2.24, 2.45) is 0 Å². The van der Waals surface area contributed by atoms with Crippen LogP contribution in [0.15, 0.2) is 29.2 Å². The third-order valence-electron chi connectivity index (χ3n) is 3.68. The molecule has 7 nitrogen and oxygen atoms in total. The van der Waals surface area contributed by atoms with E-state index >= 15 is 0 Å². The maximum absolute atomic E-state index is 12.2. The zero-order chi connectivity index (χ0) is 17.7. The Hall–Kier alpha value is -1.03. The minimum Gasteiger partial charge on any atom is -0.387 e. The molecule has 1 N–H and O–H groups in total. The van der Waals surface area contributed by atoms with Crippen molar-refractivity contribution in [3.8, 4) is 0 Å². The first-order valence-corrected chi connectivity index (χ1v) is 8.61. The summed E-state index contributed by atoms with van der Waals surface area (Å²) in [6.45, 7) is 3.53. The van der Waals surface area contributed by atoms with Gasteiger partial charge in [0.05, 0.1) is 12.8 Å². The van der Waals surface area contributed by atoms with Crippen LogP contribution in [-0.4, -0.2) is 50.5 Å². The number of aliphatic hydroxyl groups excluding tert-OH is 1. The predicted molar refractivity (Wildman–Crippen MR) is 79.0 cm³/mol. The number of hydrogen-bond acceptors (Lipinski definition) is 7. The molecule has 23 heavy (non-hydrogen) atoms. The number of aliphatic hydroxyl groups is 1. The van der Waals surface area contributed by atoms with Gasteiger partial charge in [-0.25, -0.2) is 0 Å². The van der Waals surface area contributed by atoms with Crippen LogP contribution in [0.1, 0.15) is 20.8 Å². The third-order valence-corrected chi connectivity index (χ3v) is 4.89. The zero-order valence-electron chi connectivity index (χ0n) is 14.0. The Bertz CT molecular complexity index is 703. The first-order valence-electron chi connectivity index (χ1n) is 7.78. The molecule has 0 spiro atoms.